The Balaban J connectivity index is 3.27. The first-order valence-corrected chi connectivity index (χ1v) is 8.39. The molecule has 0 aliphatic rings. The number of halogens is 3. The van der Waals surface area contributed by atoms with Crippen LogP contribution in [0.25, 0.3) is 0 Å². The maximum atomic E-state index is 13.3. The Bertz CT molecular complexity index is 565. The van der Waals surface area contributed by atoms with Crippen LogP contribution < -0.4 is 4.74 Å². The van der Waals surface area contributed by atoms with E-state index in [1.807, 2.05) is 6.92 Å². The fraction of sp³-hybridized carbons (Fsp3) is 0.562. The lowest BCUT2D eigenvalue weighted by molar-refractivity contribution is -0.0579. The molecule has 0 radical (unpaired) electrons. The number of benzene rings is 1. The van der Waals surface area contributed by atoms with Crippen molar-refractivity contribution < 1.29 is 22.5 Å². The molecule has 0 unspecified atom stereocenters. The Morgan fingerprint density at radius 1 is 1.26 bits per heavy atom. The molecule has 0 spiro atoms. The smallest absolute Gasteiger partial charge is 0.438 e. The number of hydrogen-bond acceptors (Lipinski definition) is 3. The molecule has 0 amide bonds. The monoisotopic (exact) mass is 349 g/mol. The van der Waals surface area contributed by atoms with E-state index in [1.165, 1.54) is 18.2 Å². The largest absolute Gasteiger partial charge is 0.591 e. The van der Waals surface area contributed by atoms with E-state index in [0.717, 1.165) is 6.42 Å². The van der Waals surface area contributed by atoms with Gasteiger partial charge in [-0.3, -0.25) is 0 Å². The van der Waals surface area contributed by atoms with Gasteiger partial charge in [-0.25, -0.2) is 0 Å². The molecule has 23 heavy (non-hydrogen) atoms. The molecule has 0 aromatic heterocycles. The second kappa shape index (κ2) is 7.57. The van der Waals surface area contributed by atoms with Gasteiger partial charge in [0.25, 0.3) is 0 Å². The molecular formula is C16H22F3NO2S. The summed E-state index contributed by atoms with van der Waals surface area (Å²) in [6, 6.07) is 4.32. The van der Waals surface area contributed by atoms with Crippen molar-refractivity contribution in [2.75, 3.05) is 6.61 Å². The summed E-state index contributed by atoms with van der Waals surface area (Å²) in [6.45, 7) is 8.72. The minimum absolute atomic E-state index is 0.0843. The third kappa shape index (κ3) is 5.73. The molecule has 0 fully saturated rings. The predicted molar refractivity (Wildman–Crippen MR) is 87.5 cm³/mol. The molecule has 3 nitrogen and oxygen atoms in total. The lowest BCUT2D eigenvalue weighted by atomic mass is 10.0. The minimum atomic E-state index is -4.68. The average Bonchev–Trinajstić information content (AvgIpc) is 2.40. The molecule has 0 bridgehead atoms. The first kappa shape index (κ1) is 19.8. The number of rotatable bonds is 5. The first-order chi connectivity index (χ1) is 10.5. The molecule has 0 aliphatic carbocycles. The van der Waals surface area contributed by atoms with Crippen LogP contribution >= 0.6 is 0 Å². The quantitative estimate of drug-likeness (QED) is 0.576. The standard InChI is InChI=1S/C16H22F3NO2S/c1-6-9-22-12-7-8-13(11(2)10-12)14(16(17,18)19)20-23(21)15(3,4)5/h7-8,10H,6,9H2,1-5H3/b20-14+/t23-/m0/s1. The van der Waals surface area contributed by atoms with Gasteiger partial charge in [-0.1, -0.05) is 11.3 Å². The zero-order valence-electron chi connectivity index (χ0n) is 14.0. The molecule has 1 atom stereocenters. The zero-order valence-corrected chi connectivity index (χ0v) is 14.8. The van der Waals surface area contributed by atoms with Gasteiger partial charge in [-0.2, -0.15) is 13.2 Å². The van der Waals surface area contributed by atoms with Crippen molar-refractivity contribution >= 4 is 17.1 Å². The fourth-order valence-electron chi connectivity index (χ4n) is 1.69. The Morgan fingerprint density at radius 3 is 2.30 bits per heavy atom. The van der Waals surface area contributed by atoms with Crippen LogP contribution in [0, 0.1) is 6.92 Å². The second-order valence-electron chi connectivity index (χ2n) is 6.12. The maximum absolute atomic E-state index is 13.3. The summed E-state index contributed by atoms with van der Waals surface area (Å²) in [5.74, 6) is 0.506. The molecule has 0 N–H and O–H groups in total. The van der Waals surface area contributed by atoms with E-state index in [9.17, 15) is 17.7 Å². The van der Waals surface area contributed by atoms with Crippen molar-refractivity contribution in [2.45, 2.75) is 52.0 Å². The van der Waals surface area contributed by atoms with Crippen LogP contribution in [0.5, 0.6) is 5.75 Å². The number of hydrogen-bond donors (Lipinski definition) is 0. The average molecular weight is 349 g/mol. The third-order valence-electron chi connectivity index (χ3n) is 2.89. The fourth-order valence-corrected chi connectivity index (χ4v) is 2.33. The van der Waals surface area contributed by atoms with E-state index in [2.05, 4.69) is 4.40 Å². The Kier molecular flexibility index (Phi) is 6.53. The topological polar surface area (TPSA) is 44.6 Å². The van der Waals surface area contributed by atoms with Crippen LogP contribution in [0.15, 0.2) is 22.6 Å². The molecular weight excluding hydrogens is 327 g/mol. The highest BCUT2D eigenvalue weighted by molar-refractivity contribution is 7.91. The van der Waals surface area contributed by atoms with Crippen molar-refractivity contribution in [1.82, 2.24) is 0 Å². The summed E-state index contributed by atoms with van der Waals surface area (Å²) >= 11 is -2.00. The highest BCUT2D eigenvalue weighted by atomic mass is 32.2. The van der Waals surface area contributed by atoms with Crippen molar-refractivity contribution in [3.8, 4) is 5.75 Å². The van der Waals surface area contributed by atoms with Crippen LogP contribution in [0.3, 0.4) is 0 Å². The number of ether oxygens (including phenoxy) is 1. The van der Waals surface area contributed by atoms with Gasteiger partial charge >= 0.3 is 6.18 Å². The van der Waals surface area contributed by atoms with Gasteiger partial charge in [-0.15, -0.1) is 0 Å². The molecule has 0 saturated carbocycles. The van der Waals surface area contributed by atoms with Crippen LogP contribution in [0.1, 0.15) is 45.2 Å². The van der Waals surface area contributed by atoms with Gasteiger partial charge in [0.05, 0.1) is 6.61 Å². The lowest BCUT2D eigenvalue weighted by Crippen LogP contribution is -2.31. The molecule has 1 aromatic carbocycles. The van der Waals surface area contributed by atoms with Gasteiger partial charge in [0.1, 0.15) is 21.9 Å². The summed E-state index contributed by atoms with van der Waals surface area (Å²) in [4.78, 5) is 0. The van der Waals surface area contributed by atoms with E-state index >= 15 is 0 Å². The maximum Gasteiger partial charge on any atom is 0.438 e. The molecule has 0 aliphatic heterocycles. The molecule has 130 valence electrons. The predicted octanol–water partition coefficient (Wildman–Crippen LogP) is 4.60. The third-order valence-corrected chi connectivity index (χ3v) is 4.29. The Morgan fingerprint density at radius 2 is 1.87 bits per heavy atom. The van der Waals surface area contributed by atoms with E-state index < -0.39 is 28.0 Å². The number of aryl methyl sites for hydroxylation is 1. The normalized spacial score (nSPS) is 14.7. The molecule has 1 rings (SSSR count). The van der Waals surface area contributed by atoms with E-state index in [1.54, 1.807) is 27.7 Å². The molecule has 0 heterocycles. The Hall–Kier alpha value is -1.21. The Labute approximate surface area is 138 Å². The van der Waals surface area contributed by atoms with E-state index in [-0.39, 0.29) is 5.56 Å². The van der Waals surface area contributed by atoms with Gasteiger partial charge in [0.2, 0.25) is 5.71 Å². The SMILES string of the molecule is CCCOc1ccc(/C(=N\[S@@+]([O-])C(C)(C)C)C(F)(F)F)c(C)c1. The summed E-state index contributed by atoms with van der Waals surface area (Å²) in [5, 5.41) is 0. The van der Waals surface area contributed by atoms with E-state index in [4.69, 9.17) is 4.74 Å². The van der Waals surface area contributed by atoms with E-state index in [0.29, 0.717) is 17.9 Å². The van der Waals surface area contributed by atoms with Crippen LogP contribution in [0.4, 0.5) is 13.2 Å². The summed E-state index contributed by atoms with van der Waals surface area (Å²) in [7, 11) is 0. The number of nitrogens with zero attached hydrogens (tertiary/aromatic N) is 1. The van der Waals surface area contributed by atoms with Gasteiger partial charge in [0.15, 0.2) is 0 Å². The molecule has 1 aromatic rings. The van der Waals surface area contributed by atoms with Crippen LogP contribution in [-0.2, 0) is 11.4 Å². The van der Waals surface area contributed by atoms with Gasteiger partial charge < -0.3 is 9.29 Å². The summed E-state index contributed by atoms with van der Waals surface area (Å²) in [5.41, 5.74) is -0.829. The van der Waals surface area contributed by atoms with Crippen LogP contribution in [0.2, 0.25) is 0 Å². The number of alkyl halides is 3. The van der Waals surface area contributed by atoms with Crippen molar-refractivity contribution in [3.05, 3.63) is 29.3 Å². The lowest BCUT2D eigenvalue weighted by Gasteiger charge is -2.20. The van der Waals surface area contributed by atoms with Crippen molar-refractivity contribution in [3.63, 3.8) is 0 Å². The highest BCUT2D eigenvalue weighted by Gasteiger charge is 2.41. The first-order valence-electron chi connectivity index (χ1n) is 7.28. The molecule has 7 heteroatoms. The zero-order chi connectivity index (χ0) is 17.8. The second-order valence-corrected chi connectivity index (χ2v) is 8.03. The summed E-state index contributed by atoms with van der Waals surface area (Å²) in [6.07, 6.45) is -3.88. The highest BCUT2D eigenvalue weighted by Crippen LogP contribution is 2.29. The van der Waals surface area contributed by atoms with Crippen molar-refractivity contribution in [2.24, 2.45) is 4.40 Å². The summed E-state index contributed by atoms with van der Waals surface area (Å²) < 4.78 is 60.0. The van der Waals surface area contributed by atoms with Crippen LogP contribution in [-0.4, -0.2) is 27.8 Å². The van der Waals surface area contributed by atoms with Gasteiger partial charge in [-0.05, 0) is 57.9 Å². The molecule has 0 saturated heterocycles. The minimum Gasteiger partial charge on any atom is -0.591 e. The van der Waals surface area contributed by atoms with Gasteiger partial charge in [0, 0.05) is 5.56 Å². The van der Waals surface area contributed by atoms with Crippen molar-refractivity contribution in [1.29, 1.82) is 0 Å².